The molecule has 1 aromatic carbocycles. The molecule has 1 heterocycles. The third-order valence-corrected chi connectivity index (χ3v) is 3.29. The molecule has 0 saturated carbocycles. The van der Waals surface area contributed by atoms with Crippen LogP contribution >= 0.6 is 11.3 Å². The Labute approximate surface area is 102 Å². The van der Waals surface area contributed by atoms with Gasteiger partial charge in [0.1, 0.15) is 5.82 Å². The fourth-order valence-corrected chi connectivity index (χ4v) is 2.30. The van der Waals surface area contributed by atoms with Gasteiger partial charge in [0.15, 0.2) is 0 Å². The van der Waals surface area contributed by atoms with Crippen LogP contribution < -0.4 is 17.0 Å². The maximum absolute atomic E-state index is 13.2. The highest BCUT2D eigenvalue weighted by molar-refractivity contribution is 7.09. The molecule has 0 radical (unpaired) electrons. The molecule has 1 atom stereocenters. The number of nitrogens with zero attached hydrogens (tertiary/aromatic N) is 1. The van der Waals surface area contributed by atoms with Gasteiger partial charge in [-0.2, -0.15) is 0 Å². The van der Waals surface area contributed by atoms with E-state index in [2.05, 4.69) is 10.4 Å². The number of nitrogen functional groups attached to an aromatic ring is 1. The number of benzene rings is 1. The average Bonchev–Trinajstić information content (AvgIpc) is 2.82. The Morgan fingerprint density at radius 3 is 2.94 bits per heavy atom. The van der Waals surface area contributed by atoms with E-state index in [1.165, 1.54) is 29.5 Å². The first-order chi connectivity index (χ1) is 8.20. The highest BCUT2D eigenvalue weighted by Gasteiger charge is 2.15. The molecular formula is C11H13FN4S. The highest BCUT2D eigenvalue weighted by atomic mass is 32.1. The van der Waals surface area contributed by atoms with Gasteiger partial charge in [-0.05, 0) is 23.8 Å². The molecule has 5 N–H and O–H groups in total. The van der Waals surface area contributed by atoms with Gasteiger partial charge in [0.05, 0.1) is 11.0 Å². The van der Waals surface area contributed by atoms with E-state index >= 15 is 0 Å². The number of aromatic nitrogens is 1. The number of anilines is 1. The van der Waals surface area contributed by atoms with E-state index in [0.717, 1.165) is 5.01 Å². The number of rotatable bonds is 4. The number of halogens is 1. The quantitative estimate of drug-likeness (QED) is 0.439. The van der Waals surface area contributed by atoms with Gasteiger partial charge in [-0.15, -0.1) is 11.3 Å². The fraction of sp³-hybridized carbons (Fsp3) is 0.182. The van der Waals surface area contributed by atoms with Gasteiger partial charge >= 0.3 is 0 Å². The molecule has 0 bridgehead atoms. The van der Waals surface area contributed by atoms with E-state index in [9.17, 15) is 4.39 Å². The summed E-state index contributed by atoms with van der Waals surface area (Å²) in [7, 11) is 0. The molecule has 0 aliphatic carbocycles. The van der Waals surface area contributed by atoms with Crippen molar-refractivity contribution in [2.24, 2.45) is 5.84 Å². The number of hydrogen-bond donors (Lipinski definition) is 3. The second-order valence-electron chi connectivity index (χ2n) is 3.62. The van der Waals surface area contributed by atoms with Crippen molar-refractivity contribution in [2.75, 3.05) is 5.73 Å². The minimum Gasteiger partial charge on any atom is -0.398 e. The van der Waals surface area contributed by atoms with E-state index in [4.69, 9.17) is 11.6 Å². The Morgan fingerprint density at radius 1 is 1.47 bits per heavy atom. The van der Waals surface area contributed by atoms with Crippen molar-refractivity contribution in [3.8, 4) is 0 Å². The molecule has 1 unspecified atom stereocenters. The number of thiazole rings is 1. The molecular weight excluding hydrogens is 239 g/mol. The Balaban J connectivity index is 2.25. The SMILES string of the molecule is NNC(Cc1nccs1)c1cc(F)ccc1N. The number of nitrogens with two attached hydrogens (primary N) is 2. The molecule has 0 spiro atoms. The van der Waals surface area contributed by atoms with E-state index < -0.39 is 0 Å². The summed E-state index contributed by atoms with van der Waals surface area (Å²) in [5.74, 6) is 5.16. The molecule has 2 rings (SSSR count). The number of hydrogen-bond acceptors (Lipinski definition) is 5. The number of hydrazine groups is 1. The van der Waals surface area contributed by atoms with Crippen LogP contribution in [0.25, 0.3) is 0 Å². The van der Waals surface area contributed by atoms with Gasteiger partial charge in [0.2, 0.25) is 0 Å². The largest absolute Gasteiger partial charge is 0.398 e. The summed E-state index contributed by atoms with van der Waals surface area (Å²) in [5, 5.41) is 2.81. The van der Waals surface area contributed by atoms with Crippen molar-refractivity contribution in [3.05, 3.63) is 46.2 Å². The zero-order valence-corrected chi connectivity index (χ0v) is 9.88. The molecule has 4 nitrogen and oxygen atoms in total. The predicted octanol–water partition coefficient (Wildman–Crippen LogP) is 1.61. The molecule has 90 valence electrons. The van der Waals surface area contributed by atoms with Crippen LogP contribution in [-0.2, 0) is 6.42 Å². The maximum atomic E-state index is 13.2. The summed E-state index contributed by atoms with van der Waals surface area (Å²) >= 11 is 1.53. The second kappa shape index (κ2) is 5.22. The molecule has 1 aromatic heterocycles. The molecule has 17 heavy (non-hydrogen) atoms. The van der Waals surface area contributed by atoms with Gasteiger partial charge in [0, 0.05) is 23.7 Å². The zero-order valence-electron chi connectivity index (χ0n) is 9.06. The van der Waals surface area contributed by atoms with Crippen LogP contribution in [0.15, 0.2) is 29.8 Å². The van der Waals surface area contributed by atoms with E-state index in [1.54, 1.807) is 6.20 Å². The van der Waals surface area contributed by atoms with Crippen LogP contribution in [0.2, 0.25) is 0 Å². The maximum Gasteiger partial charge on any atom is 0.123 e. The molecule has 0 saturated heterocycles. The Hall–Kier alpha value is -1.50. The predicted molar refractivity (Wildman–Crippen MR) is 66.7 cm³/mol. The first-order valence-electron chi connectivity index (χ1n) is 5.10. The van der Waals surface area contributed by atoms with Crippen LogP contribution in [0.1, 0.15) is 16.6 Å². The molecule has 0 aliphatic rings. The number of nitrogens with one attached hydrogen (secondary N) is 1. The molecule has 6 heteroatoms. The van der Waals surface area contributed by atoms with Crippen LogP contribution in [0.4, 0.5) is 10.1 Å². The summed E-state index contributed by atoms with van der Waals surface area (Å²) in [6, 6.07) is 4.02. The lowest BCUT2D eigenvalue weighted by Gasteiger charge is -2.17. The van der Waals surface area contributed by atoms with Gasteiger partial charge < -0.3 is 5.73 Å². The van der Waals surface area contributed by atoms with E-state index in [-0.39, 0.29) is 11.9 Å². The third kappa shape index (κ3) is 2.79. The summed E-state index contributed by atoms with van der Waals surface area (Å²) < 4.78 is 13.2. The van der Waals surface area contributed by atoms with Crippen molar-refractivity contribution in [2.45, 2.75) is 12.5 Å². The lowest BCUT2D eigenvalue weighted by molar-refractivity contribution is 0.545. The second-order valence-corrected chi connectivity index (χ2v) is 4.60. The van der Waals surface area contributed by atoms with Gasteiger partial charge in [0.25, 0.3) is 0 Å². The summed E-state index contributed by atoms with van der Waals surface area (Å²) in [4.78, 5) is 4.17. The summed E-state index contributed by atoms with van der Waals surface area (Å²) in [6.07, 6.45) is 2.31. The molecule has 0 amide bonds. The topological polar surface area (TPSA) is 77.0 Å². The third-order valence-electron chi connectivity index (χ3n) is 2.49. The standard InChI is InChI=1S/C11H13FN4S/c12-7-1-2-9(13)8(5-7)10(16-14)6-11-15-3-4-17-11/h1-5,10,16H,6,13-14H2. The zero-order chi connectivity index (χ0) is 12.3. The van der Waals surface area contributed by atoms with E-state index in [1.807, 2.05) is 5.38 Å². The first kappa shape index (κ1) is 12.0. The van der Waals surface area contributed by atoms with Crippen LogP contribution in [-0.4, -0.2) is 4.98 Å². The first-order valence-corrected chi connectivity index (χ1v) is 5.98. The summed E-state index contributed by atoms with van der Waals surface area (Å²) in [5.41, 5.74) is 9.63. The van der Waals surface area contributed by atoms with Gasteiger partial charge in [-0.1, -0.05) is 0 Å². The van der Waals surface area contributed by atoms with Crippen LogP contribution in [0, 0.1) is 5.82 Å². The van der Waals surface area contributed by atoms with Crippen molar-refractivity contribution >= 4 is 17.0 Å². The summed E-state index contributed by atoms with van der Waals surface area (Å²) in [6.45, 7) is 0. The van der Waals surface area contributed by atoms with Crippen LogP contribution in [0.5, 0.6) is 0 Å². The van der Waals surface area contributed by atoms with Crippen LogP contribution in [0.3, 0.4) is 0 Å². The van der Waals surface area contributed by atoms with E-state index in [0.29, 0.717) is 17.7 Å². The Bertz CT molecular complexity index is 486. The minimum absolute atomic E-state index is 0.239. The monoisotopic (exact) mass is 252 g/mol. The van der Waals surface area contributed by atoms with Gasteiger partial charge in [-0.25, -0.2) is 9.37 Å². The lowest BCUT2D eigenvalue weighted by atomic mass is 10.0. The van der Waals surface area contributed by atoms with Gasteiger partial charge in [-0.3, -0.25) is 11.3 Å². The average molecular weight is 252 g/mol. The molecule has 2 aromatic rings. The molecule has 0 aliphatic heterocycles. The lowest BCUT2D eigenvalue weighted by Crippen LogP contribution is -2.30. The minimum atomic E-state index is -0.325. The fourth-order valence-electron chi connectivity index (χ4n) is 1.63. The Morgan fingerprint density at radius 2 is 2.29 bits per heavy atom. The van der Waals surface area contributed by atoms with Crippen molar-refractivity contribution in [3.63, 3.8) is 0 Å². The van der Waals surface area contributed by atoms with Crippen molar-refractivity contribution in [1.82, 2.24) is 10.4 Å². The highest BCUT2D eigenvalue weighted by Crippen LogP contribution is 2.24. The van der Waals surface area contributed by atoms with Crippen molar-refractivity contribution in [1.29, 1.82) is 0 Å². The van der Waals surface area contributed by atoms with Crippen molar-refractivity contribution < 1.29 is 4.39 Å². The molecule has 0 fully saturated rings. The Kier molecular flexibility index (Phi) is 3.68. The smallest absolute Gasteiger partial charge is 0.123 e. The normalized spacial score (nSPS) is 12.6.